The fourth-order valence-electron chi connectivity index (χ4n) is 1.62. The molecule has 7 heteroatoms. The molecule has 0 spiro atoms. The number of hydrogen-bond donors (Lipinski definition) is 1. The summed E-state index contributed by atoms with van der Waals surface area (Å²) < 4.78 is 9.82. The van der Waals surface area contributed by atoms with Gasteiger partial charge in [0.1, 0.15) is 6.10 Å². The van der Waals surface area contributed by atoms with E-state index in [9.17, 15) is 14.9 Å². The van der Waals surface area contributed by atoms with Crippen molar-refractivity contribution >= 4 is 11.8 Å². The molecule has 1 aromatic rings. The number of nitro groups is 1. The van der Waals surface area contributed by atoms with Gasteiger partial charge in [-0.05, 0) is 6.07 Å². The van der Waals surface area contributed by atoms with Gasteiger partial charge >= 0.3 is 11.8 Å². The molecule has 1 atom stereocenters. The van der Waals surface area contributed by atoms with Crippen molar-refractivity contribution in [2.24, 2.45) is 0 Å². The summed E-state index contributed by atoms with van der Waals surface area (Å²) in [6, 6.07) is 4.47. The monoisotopic (exact) mass is 238 g/mol. The van der Waals surface area contributed by atoms with Crippen LogP contribution in [0.1, 0.15) is 11.7 Å². The Balaban J connectivity index is 2.33. The highest BCUT2D eigenvalue weighted by atomic mass is 16.6. The average Bonchev–Trinajstić information content (AvgIpc) is 2.75. The molecule has 1 heterocycles. The fourth-order valence-corrected chi connectivity index (χ4v) is 1.62. The van der Waals surface area contributed by atoms with Gasteiger partial charge in [0.15, 0.2) is 5.75 Å². The first kappa shape index (κ1) is 11.2. The van der Waals surface area contributed by atoms with Crippen LogP contribution >= 0.6 is 0 Å². The van der Waals surface area contributed by atoms with Crippen molar-refractivity contribution in [1.82, 2.24) is 5.32 Å². The Morgan fingerprint density at radius 1 is 1.59 bits per heavy atom. The second kappa shape index (κ2) is 4.28. The number of carbonyl (C=O) groups excluding carboxylic acids is 1. The summed E-state index contributed by atoms with van der Waals surface area (Å²) in [5, 5.41) is 13.3. The highest BCUT2D eigenvalue weighted by Crippen LogP contribution is 2.31. The second-order valence-corrected chi connectivity index (χ2v) is 3.46. The number of nitrogens with zero attached hydrogens (tertiary/aromatic N) is 1. The maximum Gasteiger partial charge on any atom is 0.407 e. The van der Waals surface area contributed by atoms with Crippen molar-refractivity contribution in [3.8, 4) is 5.75 Å². The second-order valence-electron chi connectivity index (χ2n) is 3.46. The molecular formula is C10H10N2O5. The maximum atomic E-state index is 10.9. The van der Waals surface area contributed by atoms with Gasteiger partial charge in [-0.1, -0.05) is 6.07 Å². The summed E-state index contributed by atoms with van der Waals surface area (Å²) >= 11 is 0. The maximum absolute atomic E-state index is 10.9. The molecule has 1 unspecified atom stereocenters. The molecule has 7 nitrogen and oxygen atoms in total. The van der Waals surface area contributed by atoms with Crippen LogP contribution in [0.4, 0.5) is 10.5 Å². The summed E-state index contributed by atoms with van der Waals surface area (Å²) in [6.07, 6.45) is -1.01. The molecule has 0 aliphatic carbocycles. The molecule has 1 aliphatic heterocycles. The van der Waals surface area contributed by atoms with E-state index >= 15 is 0 Å². The van der Waals surface area contributed by atoms with Gasteiger partial charge in [-0.2, -0.15) is 0 Å². The lowest BCUT2D eigenvalue weighted by Crippen LogP contribution is -2.12. The van der Waals surface area contributed by atoms with E-state index in [1.807, 2.05) is 0 Å². The van der Waals surface area contributed by atoms with Crippen molar-refractivity contribution in [3.63, 3.8) is 0 Å². The Kier molecular flexibility index (Phi) is 2.82. The quantitative estimate of drug-likeness (QED) is 0.634. The Morgan fingerprint density at radius 3 is 2.88 bits per heavy atom. The van der Waals surface area contributed by atoms with Crippen LogP contribution in [0, 0.1) is 10.1 Å². The van der Waals surface area contributed by atoms with Gasteiger partial charge in [-0.15, -0.1) is 0 Å². The molecule has 0 radical (unpaired) electrons. The lowest BCUT2D eigenvalue weighted by atomic mass is 10.1. The van der Waals surface area contributed by atoms with Gasteiger partial charge in [0, 0.05) is 11.6 Å². The van der Waals surface area contributed by atoms with E-state index in [4.69, 9.17) is 9.47 Å². The van der Waals surface area contributed by atoms with Crippen LogP contribution in [-0.2, 0) is 4.74 Å². The SMILES string of the molecule is COc1ccc(C2CNC(=O)O2)cc1[N+](=O)[O-]. The van der Waals surface area contributed by atoms with Gasteiger partial charge in [-0.25, -0.2) is 4.79 Å². The van der Waals surface area contributed by atoms with Crippen LogP contribution in [0.2, 0.25) is 0 Å². The van der Waals surface area contributed by atoms with Crippen LogP contribution in [-0.4, -0.2) is 24.7 Å². The minimum atomic E-state index is -0.535. The first-order valence-corrected chi connectivity index (χ1v) is 4.88. The molecule has 1 aliphatic rings. The molecule has 17 heavy (non-hydrogen) atoms. The van der Waals surface area contributed by atoms with E-state index in [0.717, 1.165) is 0 Å². The number of methoxy groups -OCH3 is 1. The van der Waals surface area contributed by atoms with Crippen molar-refractivity contribution in [3.05, 3.63) is 33.9 Å². The van der Waals surface area contributed by atoms with Crippen molar-refractivity contribution in [2.45, 2.75) is 6.10 Å². The molecule has 2 rings (SSSR count). The average molecular weight is 238 g/mol. The van der Waals surface area contributed by atoms with E-state index in [0.29, 0.717) is 12.1 Å². The lowest BCUT2D eigenvalue weighted by Gasteiger charge is -2.09. The molecule has 1 aromatic carbocycles. The van der Waals surface area contributed by atoms with E-state index < -0.39 is 17.1 Å². The standard InChI is InChI=1S/C10H10N2O5/c1-16-8-3-2-6(4-7(8)12(14)15)9-5-11-10(13)17-9/h2-4,9H,5H2,1H3,(H,11,13). The zero-order valence-electron chi connectivity index (χ0n) is 9.00. The zero-order chi connectivity index (χ0) is 12.4. The number of hydrogen-bond acceptors (Lipinski definition) is 5. The molecule has 0 bridgehead atoms. The number of nitrogens with one attached hydrogen (secondary N) is 1. The van der Waals surface area contributed by atoms with Crippen LogP contribution < -0.4 is 10.1 Å². The summed E-state index contributed by atoms with van der Waals surface area (Å²) in [5.41, 5.74) is 0.420. The van der Waals surface area contributed by atoms with Gasteiger partial charge in [0.2, 0.25) is 0 Å². The van der Waals surface area contributed by atoms with Gasteiger partial charge in [0.25, 0.3) is 0 Å². The number of ether oxygens (including phenoxy) is 2. The number of benzene rings is 1. The summed E-state index contributed by atoms with van der Waals surface area (Å²) in [5.74, 6) is 0.177. The zero-order valence-corrected chi connectivity index (χ0v) is 9.00. The van der Waals surface area contributed by atoms with Crippen LogP contribution in [0.5, 0.6) is 5.75 Å². The first-order valence-electron chi connectivity index (χ1n) is 4.88. The normalized spacial score (nSPS) is 18.4. The highest BCUT2D eigenvalue weighted by molar-refractivity contribution is 5.69. The Bertz CT molecular complexity index is 474. The number of carbonyl (C=O) groups is 1. The van der Waals surface area contributed by atoms with E-state index in [1.54, 1.807) is 6.07 Å². The van der Waals surface area contributed by atoms with E-state index in [-0.39, 0.29) is 11.4 Å². The number of cyclic esters (lactones) is 1. The van der Waals surface area contributed by atoms with Gasteiger partial charge in [-0.3, -0.25) is 10.1 Å². The fraction of sp³-hybridized carbons (Fsp3) is 0.300. The smallest absolute Gasteiger partial charge is 0.407 e. The third-order valence-corrected chi connectivity index (χ3v) is 2.45. The third kappa shape index (κ3) is 2.12. The number of amides is 1. The van der Waals surface area contributed by atoms with E-state index in [1.165, 1.54) is 19.2 Å². The topological polar surface area (TPSA) is 90.7 Å². The highest BCUT2D eigenvalue weighted by Gasteiger charge is 2.26. The lowest BCUT2D eigenvalue weighted by molar-refractivity contribution is -0.385. The molecule has 1 fully saturated rings. The molecule has 1 N–H and O–H groups in total. The van der Waals surface area contributed by atoms with Gasteiger partial charge < -0.3 is 14.8 Å². The van der Waals surface area contributed by atoms with Crippen LogP contribution in [0.15, 0.2) is 18.2 Å². The minimum Gasteiger partial charge on any atom is -0.490 e. The third-order valence-electron chi connectivity index (χ3n) is 2.45. The molecule has 0 aromatic heterocycles. The predicted octanol–water partition coefficient (Wildman–Crippen LogP) is 1.38. The molecule has 0 saturated carbocycles. The number of rotatable bonds is 3. The minimum absolute atomic E-state index is 0.145. The molecule has 1 saturated heterocycles. The van der Waals surface area contributed by atoms with Crippen LogP contribution in [0.25, 0.3) is 0 Å². The molecular weight excluding hydrogens is 228 g/mol. The number of nitro benzene ring substituents is 1. The molecule has 1 amide bonds. The van der Waals surface area contributed by atoms with Gasteiger partial charge in [0.05, 0.1) is 18.6 Å². The predicted molar refractivity (Wildman–Crippen MR) is 56.9 cm³/mol. The van der Waals surface area contributed by atoms with Crippen molar-refractivity contribution in [2.75, 3.05) is 13.7 Å². The Morgan fingerprint density at radius 2 is 2.35 bits per heavy atom. The summed E-state index contributed by atoms with van der Waals surface area (Å²) in [4.78, 5) is 21.2. The number of alkyl carbamates (subject to hydrolysis) is 1. The summed E-state index contributed by atoms with van der Waals surface area (Å²) in [7, 11) is 1.36. The van der Waals surface area contributed by atoms with E-state index in [2.05, 4.69) is 5.32 Å². The van der Waals surface area contributed by atoms with Crippen molar-refractivity contribution in [1.29, 1.82) is 0 Å². The van der Waals surface area contributed by atoms with Crippen molar-refractivity contribution < 1.29 is 19.2 Å². The largest absolute Gasteiger partial charge is 0.490 e. The summed E-state index contributed by atoms with van der Waals surface area (Å²) in [6.45, 7) is 0.308. The first-order chi connectivity index (χ1) is 8.11. The Hall–Kier alpha value is -2.31. The Labute approximate surface area is 96.5 Å². The van der Waals surface area contributed by atoms with Crippen LogP contribution in [0.3, 0.4) is 0 Å². The molecule has 90 valence electrons.